The van der Waals surface area contributed by atoms with E-state index in [1.165, 1.54) is 25.0 Å². The van der Waals surface area contributed by atoms with Crippen molar-refractivity contribution in [1.82, 2.24) is 5.32 Å². The molecule has 1 saturated heterocycles. The molecule has 0 aromatic heterocycles. The van der Waals surface area contributed by atoms with E-state index in [0.717, 1.165) is 17.9 Å². The second-order valence-electron chi connectivity index (χ2n) is 4.83. The van der Waals surface area contributed by atoms with E-state index in [-0.39, 0.29) is 11.2 Å². The fraction of sp³-hybridized carbons (Fsp3) is 0.917. The SMILES string of the molecule is NCC1CCCCC1NC(=O)C1CSCCS1. The highest BCUT2D eigenvalue weighted by Gasteiger charge is 2.29. The van der Waals surface area contributed by atoms with Crippen LogP contribution in [0.1, 0.15) is 25.7 Å². The number of nitrogens with two attached hydrogens (primary N) is 1. The Labute approximate surface area is 112 Å². The number of nitrogens with one attached hydrogen (secondary N) is 1. The van der Waals surface area contributed by atoms with Crippen LogP contribution in [-0.4, -0.2) is 41.0 Å². The average Bonchev–Trinajstić information content (AvgIpc) is 2.40. The van der Waals surface area contributed by atoms with Gasteiger partial charge in [-0.15, -0.1) is 11.8 Å². The van der Waals surface area contributed by atoms with Crippen LogP contribution in [0.4, 0.5) is 0 Å². The standard InChI is InChI=1S/C12H22N2OS2/c13-7-9-3-1-2-4-10(9)14-12(15)11-8-16-5-6-17-11/h9-11H,1-8,13H2,(H,14,15). The number of carbonyl (C=O) groups is 1. The van der Waals surface area contributed by atoms with Gasteiger partial charge in [-0.1, -0.05) is 12.8 Å². The summed E-state index contributed by atoms with van der Waals surface area (Å²) in [5.41, 5.74) is 5.79. The molecule has 2 rings (SSSR count). The van der Waals surface area contributed by atoms with Gasteiger partial charge in [-0.25, -0.2) is 0 Å². The van der Waals surface area contributed by atoms with Crippen molar-refractivity contribution in [3.05, 3.63) is 0 Å². The van der Waals surface area contributed by atoms with Gasteiger partial charge in [-0.05, 0) is 25.3 Å². The van der Waals surface area contributed by atoms with Gasteiger partial charge in [-0.2, -0.15) is 11.8 Å². The zero-order chi connectivity index (χ0) is 12.1. The minimum atomic E-state index is 0.161. The number of hydrogen-bond donors (Lipinski definition) is 2. The first-order chi connectivity index (χ1) is 8.31. The maximum atomic E-state index is 12.1. The first-order valence-electron chi connectivity index (χ1n) is 6.51. The van der Waals surface area contributed by atoms with Gasteiger partial charge in [0.2, 0.25) is 5.91 Å². The fourth-order valence-corrected chi connectivity index (χ4v) is 5.16. The first kappa shape index (κ1) is 13.6. The smallest absolute Gasteiger partial charge is 0.234 e. The van der Waals surface area contributed by atoms with Crippen LogP contribution in [0.5, 0.6) is 0 Å². The van der Waals surface area contributed by atoms with E-state index in [2.05, 4.69) is 5.32 Å². The van der Waals surface area contributed by atoms with Crippen molar-refractivity contribution in [1.29, 1.82) is 0 Å². The number of carbonyl (C=O) groups excluding carboxylic acids is 1. The molecule has 98 valence electrons. The summed E-state index contributed by atoms with van der Waals surface area (Å²) in [6.45, 7) is 0.706. The molecule has 5 heteroatoms. The van der Waals surface area contributed by atoms with E-state index >= 15 is 0 Å². The van der Waals surface area contributed by atoms with Crippen LogP contribution in [-0.2, 0) is 4.79 Å². The Morgan fingerprint density at radius 3 is 2.82 bits per heavy atom. The monoisotopic (exact) mass is 274 g/mol. The second-order valence-corrected chi connectivity index (χ2v) is 7.29. The highest BCUT2D eigenvalue weighted by molar-refractivity contribution is 8.07. The van der Waals surface area contributed by atoms with E-state index in [4.69, 9.17) is 5.73 Å². The first-order valence-corrected chi connectivity index (χ1v) is 8.71. The Morgan fingerprint density at radius 1 is 1.29 bits per heavy atom. The molecule has 0 aromatic carbocycles. The van der Waals surface area contributed by atoms with Crippen LogP contribution < -0.4 is 11.1 Å². The number of rotatable bonds is 3. The molecule has 0 bridgehead atoms. The lowest BCUT2D eigenvalue weighted by atomic mass is 9.84. The van der Waals surface area contributed by atoms with Crippen LogP contribution in [0.25, 0.3) is 0 Å². The molecule has 0 spiro atoms. The van der Waals surface area contributed by atoms with Crippen LogP contribution in [0, 0.1) is 5.92 Å². The normalized spacial score (nSPS) is 34.3. The Morgan fingerprint density at radius 2 is 2.12 bits per heavy atom. The van der Waals surface area contributed by atoms with Gasteiger partial charge in [0.05, 0.1) is 5.25 Å². The molecule has 0 aromatic rings. The van der Waals surface area contributed by atoms with E-state index in [0.29, 0.717) is 18.5 Å². The van der Waals surface area contributed by atoms with Crippen molar-refractivity contribution in [2.45, 2.75) is 37.0 Å². The predicted molar refractivity (Wildman–Crippen MR) is 76.5 cm³/mol. The molecule has 3 N–H and O–H groups in total. The molecule has 2 aliphatic rings. The Hall–Kier alpha value is 0.130. The third-order valence-electron chi connectivity index (χ3n) is 3.65. The zero-order valence-electron chi connectivity index (χ0n) is 10.2. The molecule has 1 saturated carbocycles. The van der Waals surface area contributed by atoms with Gasteiger partial charge >= 0.3 is 0 Å². The quantitative estimate of drug-likeness (QED) is 0.818. The van der Waals surface area contributed by atoms with Crippen LogP contribution in [0.2, 0.25) is 0 Å². The zero-order valence-corrected chi connectivity index (χ0v) is 11.8. The molecule has 1 aliphatic heterocycles. The summed E-state index contributed by atoms with van der Waals surface area (Å²) in [4.78, 5) is 12.1. The van der Waals surface area contributed by atoms with Crippen molar-refractivity contribution >= 4 is 29.4 Å². The van der Waals surface area contributed by atoms with E-state index in [1.807, 2.05) is 11.8 Å². The minimum absolute atomic E-state index is 0.161. The second kappa shape index (κ2) is 6.90. The summed E-state index contributed by atoms with van der Waals surface area (Å²) in [6, 6.07) is 0.328. The molecule has 1 aliphatic carbocycles. The van der Waals surface area contributed by atoms with Gasteiger partial charge in [0.25, 0.3) is 0 Å². The summed E-state index contributed by atoms with van der Waals surface area (Å²) in [6.07, 6.45) is 4.78. The number of hydrogen-bond acceptors (Lipinski definition) is 4. The fourth-order valence-electron chi connectivity index (χ4n) is 2.59. The molecule has 1 heterocycles. The average molecular weight is 274 g/mol. The largest absolute Gasteiger partial charge is 0.352 e. The van der Waals surface area contributed by atoms with Gasteiger partial charge in [0, 0.05) is 23.3 Å². The van der Waals surface area contributed by atoms with E-state index < -0.39 is 0 Å². The molecule has 2 fully saturated rings. The molecule has 17 heavy (non-hydrogen) atoms. The summed E-state index contributed by atoms with van der Waals surface area (Å²) in [7, 11) is 0. The highest BCUT2D eigenvalue weighted by atomic mass is 32.2. The van der Waals surface area contributed by atoms with Gasteiger partial charge < -0.3 is 11.1 Å². The van der Waals surface area contributed by atoms with Crippen LogP contribution in [0.3, 0.4) is 0 Å². The molecule has 3 unspecified atom stereocenters. The lowest BCUT2D eigenvalue weighted by Crippen LogP contribution is -2.48. The molecular weight excluding hydrogens is 252 g/mol. The van der Waals surface area contributed by atoms with Crippen LogP contribution >= 0.6 is 23.5 Å². The number of amides is 1. The molecule has 1 amide bonds. The number of thioether (sulfide) groups is 2. The van der Waals surface area contributed by atoms with Crippen molar-refractivity contribution in [2.75, 3.05) is 23.8 Å². The Kier molecular flexibility index (Phi) is 5.50. The minimum Gasteiger partial charge on any atom is -0.352 e. The van der Waals surface area contributed by atoms with Crippen molar-refractivity contribution < 1.29 is 4.79 Å². The Bertz CT molecular complexity index is 257. The maximum absolute atomic E-state index is 12.1. The third-order valence-corrected chi connectivity index (χ3v) is 6.40. The Balaban J connectivity index is 1.83. The molecular formula is C12H22N2OS2. The van der Waals surface area contributed by atoms with E-state index in [9.17, 15) is 4.79 Å². The highest BCUT2D eigenvalue weighted by Crippen LogP contribution is 2.27. The van der Waals surface area contributed by atoms with Gasteiger partial charge in [0.15, 0.2) is 0 Å². The molecule has 0 radical (unpaired) electrons. The summed E-state index contributed by atoms with van der Waals surface area (Å²) >= 11 is 3.70. The van der Waals surface area contributed by atoms with Gasteiger partial charge in [0.1, 0.15) is 0 Å². The topological polar surface area (TPSA) is 55.1 Å². The molecule has 3 nitrogen and oxygen atoms in total. The third kappa shape index (κ3) is 3.80. The van der Waals surface area contributed by atoms with Crippen molar-refractivity contribution in [2.24, 2.45) is 11.7 Å². The predicted octanol–water partition coefficient (Wildman–Crippen LogP) is 1.47. The lowest BCUT2D eigenvalue weighted by molar-refractivity contribution is -0.121. The summed E-state index contributed by atoms with van der Waals surface area (Å²) in [5, 5.41) is 3.40. The molecule has 3 atom stereocenters. The van der Waals surface area contributed by atoms with E-state index in [1.54, 1.807) is 11.8 Å². The van der Waals surface area contributed by atoms with Gasteiger partial charge in [-0.3, -0.25) is 4.79 Å². The van der Waals surface area contributed by atoms with Crippen molar-refractivity contribution in [3.63, 3.8) is 0 Å². The maximum Gasteiger partial charge on any atom is 0.234 e. The summed E-state index contributed by atoms with van der Waals surface area (Å²) in [5.74, 6) is 3.99. The summed E-state index contributed by atoms with van der Waals surface area (Å²) < 4.78 is 0. The van der Waals surface area contributed by atoms with Crippen LogP contribution in [0.15, 0.2) is 0 Å². The lowest BCUT2D eigenvalue weighted by Gasteiger charge is -2.32. The van der Waals surface area contributed by atoms with Crippen molar-refractivity contribution in [3.8, 4) is 0 Å².